The predicted molar refractivity (Wildman–Crippen MR) is 68.4 cm³/mol. The third-order valence-corrected chi connectivity index (χ3v) is 3.11. The van der Waals surface area contributed by atoms with Crippen LogP contribution in [0.5, 0.6) is 0 Å². The number of nitriles is 1. The van der Waals surface area contributed by atoms with Crippen molar-refractivity contribution >= 4 is 17.3 Å². The summed E-state index contributed by atoms with van der Waals surface area (Å²) in [5, 5.41) is 9.74. The Bertz CT molecular complexity index is 442. The molecule has 1 aliphatic rings. The third-order valence-electron chi connectivity index (χ3n) is 2.87. The molecule has 17 heavy (non-hydrogen) atoms. The van der Waals surface area contributed by atoms with Gasteiger partial charge >= 0.3 is 0 Å². The molecule has 1 aromatic rings. The maximum Gasteiger partial charge on any atom is 0.101 e. The summed E-state index contributed by atoms with van der Waals surface area (Å²) in [6.07, 6.45) is 1.18. The van der Waals surface area contributed by atoms with Crippen LogP contribution >= 0.6 is 11.6 Å². The Balaban J connectivity index is 2.29. The first-order chi connectivity index (χ1) is 8.20. The van der Waals surface area contributed by atoms with Gasteiger partial charge in [-0.25, -0.2) is 0 Å². The van der Waals surface area contributed by atoms with Crippen molar-refractivity contribution in [2.75, 3.05) is 24.6 Å². The molecule has 4 heteroatoms. The minimum atomic E-state index is 0.194. The molecule has 1 aromatic carbocycles. The summed E-state index contributed by atoms with van der Waals surface area (Å²) in [5.74, 6) is 0. The molecule has 0 amide bonds. The van der Waals surface area contributed by atoms with Gasteiger partial charge in [0.1, 0.15) is 6.07 Å². The molecule has 1 aliphatic heterocycles. The zero-order valence-electron chi connectivity index (χ0n) is 9.82. The van der Waals surface area contributed by atoms with Crippen molar-refractivity contribution in [3.05, 3.63) is 28.8 Å². The second-order valence-corrected chi connectivity index (χ2v) is 4.69. The van der Waals surface area contributed by atoms with Gasteiger partial charge in [-0.05, 0) is 31.5 Å². The van der Waals surface area contributed by atoms with Crippen LogP contribution in [-0.4, -0.2) is 25.8 Å². The van der Waals surface area contributed by atoms with Gasteiger partial charge in [0.05, 0.1) is 17.4 Å². The van der Waals surface area contributed by atoms with E-state index < -0.39 is 0 Å². The first-order valence-electron chi connectivity index (χ1n) is 5.77. The molecule has 3 nitrogen and oxygen atoms in total. The van der Waals surface area contributed by atoms with E-state index in [4.69, 9.17) is 21.6 Å². The fourth-order valence-corrected chi connectivity index (χ4v) is 2.26. The van der Waals surface area contributed by atoms with E-state index in [1.54, 1.807) is 6.07 Å². The summed E-state index contributed by atoms with van der Waals surface area (Å²) in [7, 11) is 0. The SMILES string of the molecule is CC1CN(c2ccc(Cl)cc2C#N)CCCO1. The lowest BCUT2D eigenvalue weighted by Gasteiger charge is -2.25. The maximum absolute atomic E-state index is 9.14. The Morgan fingerprint density at radius 3 is 3.12 bits per heavy atom. The van der Waals surface area contributed by atoms with Crippen LogP contribution in [0.1, 0.15) is 18.9 Å². The van der Waals surface area contributed by atoms with E-state index >= 15 is 0 Å². The highest BCUT2D eigenvalue weighted by atomic mass is 35.5. The molecular formula is C13H15ClN2O. The monoisotopic (exact) mass is 250 g/mol. The van der Waals surface area contributed by atoms with Gasteiger partial charge in [0, 0.05) is 24.7 Å². The lowest BCUT2D eigenvalue weighted by Crippen LogP contribution is -2.30. The number of rotatable bonds is 1. The Morgan fingerprint density at radius 1 is 1.53 bits per heavy atom. The Labute approximate surface area is 107 Å². The molecule has 1 saturated heterocycles. The Hall–Kier alpha value is -1.24. The molecule has 0 N–H and O–H groups in total. The molecule has 90 valence electrons. The Morgan fingerprint density at radius 2 is 2.35 bits per heavy atom. The molecule has 0 bridgehead atoms. The van der Waals surface area contributed by atoms with E-state index in [9.17, 15) is 0 Å². The quantitative estimate of drug-likeness (QED) is 0.769. The van der Waals surface area contributed by atoms with Crippen molar-refractivity contribution in [2.45, 2.75) is 19.4 Å². The lowest BCUT2D eigenvalue weighted by atomic mass is 10.1. The molecular weight excluding hydrogens is 236 g/mol. The highest BCUT2D eigenvalue weighted by Gasteiger charge is 2.17. The first-order valence-corrected chi connectivity index (χ1v) is 6.14. The summed E-state index contributed by atoms with van der Waals surface area (Å²) in [5.41, 5.74) is 1.58. The van der Waals surface area contributed by atoms with E-state index in [2.05, 4.69) is 17.9 Å². The molecule has 0 aliphatic carbocycles. The average molecular weight is 251 g/mol. The third kappa shape index (κ3) is 2.91. The van der Waals surface area contributed by atoms with E-state index in [1.165, 1.54) is 0 Å². The van der Waals surface area contributed by atoms with Gasteiger partial charge in [-0.15, -0.1) is 0 Å². The number of ether oxygens (including phenoxy) is 1. The van der Waals surface area contributed by atoms with Crippen molar-refractivity contribution in [3.8, 4) is 6.07 Å². The standard InChI is InChI=1S/C13H15ClN2O/c1-10-9-16(5-2-6-17-10)13-4-3-12(14)7-11(13)8-15/h3-4,7,10H,2,5-6,9H2,1H3. The number of anilines is 1. The number of hydrogen-bond donors (Lipinski definition) is 0. The summed E-state index contributed by atoms with van der Waals surface area (Å²) in [6.45, 7) is 4.57. The molecule has 1 fully saturated rings. The van der Waals surface area contributed by atoms with Crippen LogP contribution in [0, 0.1) is 11.3 Å². The van der Waals surface area contributed by atoms with Crippen molar-refractivity contribution in [1.29, 1.82) is 5.26 Å². The highest BCUT2D eigenvalue weighted by molar-refractivity contribution is 6.30. The lowest BCUT2D eigenvalue weighted by molar-refractivity contribution is 0.0821. The summed E-state index contributed by atoms with van der Waals surface area (Å²) < 4.78 is 5.60. The van der Waals surface area contributed by atoms with Crippen LogP contribution in [-0.2, 0) is 4.74 Å². The number of hydrogen-bond acceptors (Lipinski definition) is 3. The number of nitrogens with zero attached hydrogens (tertiary/aromatic N) is 2. The first kappa shape index (κ1) is 12.2. The van der Waals surface area contributed by atoms with Crippen LogP contribution in [0.3, 0.4) is 0 Å². The normalized spacial score (nSPS) is 20.8. The van der Waals surface area contributed by atoms with Crippen molar-refractivity contribution in [3.63, 3.8) is 0 Å². The zero-order valence-corrected chi connectivity index (χ0v) is 10.6. The predicted octanol–water partition coefficient (Wildman–Crippen LogP) is 2.83. The molecule has 0 radical (unpaired) electrons. The minimum Gasteiger partial charge on any atom is -0.377 e. The molecule has 0 saturated carbocycles. The summed E-state index contributed by atoms with van der Waals surface area (Å²) in [6, 6.07) is 7.66. The van der Waals surface area contributed by atoms with Crippen LogP contribution in [0.25, 0.3) is 0 Å². The molecule has 1 heterocycles. The van der Waals surface area contributed by atoms with Gasteiger partial charge in [-0.1, -0.05) is 11.6 Å². The van der Waals surface area contributed by atoms with Crippen molar-refractivity contribution in [1.82, 2.24) is 0 Å². The van der Waals surface area contributed by atoms with E-state index in [0.29, 0.717) is 10.6 Å². The van der Waals surface area contributed by atoms with Gasteiger partial charge in [-0.3, -0.25) is 0 Å². The minimum absolute atomic E-state index is 0.194. The summed E-state index contributed by atoms with van der Waals surface area (Å²) in [4.78, 5) is 2.20. The van der Waals surface area contributed by atoms with Crippen LogP contribution in [0.4, 0.5) is 5.69 Å². The Kier molecular flexibility index (Phi) is 3.88. The maximum atomic E-state index is 9.14. The second kappa shape index (κ2) is 5.39. The molecule has 0 spiro atoms. The number of benzene rings is 1. The second-order valence-electron chi connectivity index (χ2n) is 4.25. The fourth-order valence-electron chi connectivity index (χ4n) is 2.09. The smallest absolute Gasteiger partial charge is 0.101 e. The van der Waals surface area contributed by atoms with E-state index in [0.717, 1.165) is 31.8 Å². The van der Waals surface area contributed by atoms with Gasteiger partial charge in [0.15, 0.2) is 0 Å². The molecule has 1 atom stereocenters. The van der Waals surface area contributed by atoms with Crippen LogP contribution < -0.4 is 4.90 Å². The van der Waals surface area contributed by atoms with Crippen molar-refractivity contribution in [2.24, 2.45) is 0 Å². The topological polar surface area (TPSA) is 36.3 Å². The van der Waals surface area contributed by atoms with Gasteiger partial charge in [0.2, 0.25) is 0 Å². The molecule has 0 aromatic heterocycles. The zero-order chi connectivity index (χ0) is 12.3. The average Bonchev–Trinajstić information content (AvgIpc) is 2.53. The fraction of sp³-hybridized carbons (Fsp3) is 0.462. The van der Waals surface area contributed by atoms with Crippen LogP contribution in [0.2, 0.25) is 5.02 Å². The van der Waals surface area contributed by atoms with E-state index in [-0.39, 0.29) is 6.10 Å². The van der Waals surface area contributed by atoms with Gasteiger partial charge in [-0.2, -0.15) is 5.26 Å². The van der Waals surface area contributed by atoms with Crippen LogP contribution in [0.15, 0.2) is 18.2 Å². The summed E-state index contributed by atoms with van der Waals surface area (Å²) >= 11 is 5.90. The van der Waals surface area contributed by atoms with Crippen molar-refractivity contribution < 1.29 is 4.74 Å². The van der Waals surface area contributed by atoms with E-state index in [1.807, 2.05) is 12.1 Å². The number of halogens is 1. The van der Waals surface area contributed by atoms with Gasteiger partial charge in [0.25, 0.3) is 0 Å². The molecule has 1 unspecified atom stereocenters. The van der Waals surface area contributed by atoms with Gasteiger partial charge < -0.3 is 9.64 Å². The largest absolute Gasteiger partial charge is 0.377 e. The molecule has 2 rings (SSSR count). The highest BCUT2D eigenvalue weighted by Crippen LogP contribution is 2.25.